The van der Waals surface area contributed by atoms with Gasteiger partial charge in [-0.05, 0) is 61.5 Å². The number of benzene rings is 3. The van der Waals surface area contributed by atoms with Crippen LogP contribution in [-0.4, -0.2) is 26.3 Å². The number of anilines is 1. The lowest BCUT2D eigenvalue weighted by Crippen LogP contribution is -2.47. The summed E-state index contributed by atoms with van der Waals surface area (Å²) < 4.78 is 45.6. The van der Waals surface area contributed by atoms with Crippen molar-refractivity contribution in [2.24, 2.45) is 0 Å². The summed E-state index contributed by atoms with van der Waals surface area (Å²) >= 11 is 0. The molecule has 3 aromatic rings. The van der Waals surface area contributed by atoms with Gasteiger partial charge in [0.1, 0.15) is 11.6 Å². The molecule has 0 aliphatic heterocycles. The normalized spacial score (nSPS) is 11.8. The lowest BCUT2D eigenvalue weighted by Gasteiger charge is -2.15. The number of hydrogen-bond acceptors (Lipinski definition) is 5. The van der Waals surface area contributed by atoms with Crippen LogP contribution in [0.5, 0.6) is 5.75 Å². The molecule has 0 fully saturated rings. The van der Waals surface area contributed by atoms with Gasteiger partial charge in [0.15, 0.2) is 6.10 Å². The molecule has 8 nitrogen and oxygen atoms in total. The highest BCUT2D eigenvalue weighted by molar-refractivity contribution is 7.92. The predicted octanol–water partition coefficient (Wildman–Crippen LogP) is 2.86. The molecule has 0 aliphatic carbocycles. The molecular weight excluding hydrogens is 437 g/mol. The Kier molecular flexibility index (Phi) is 7.06. The van der Waals surface area contributed by atoms with E-state index < -0.39 is 33.8 Å². The van der Waals surface area contributed by atoms with Gasteiger partial charge in [-0.1, -0.05) is 24.3 Å². The number of nitrogens with one attached hydrogen (secondary N) is 3. The summed E-state index contributed by atoms with van der Waals surface area (Å²) in [7, 11) is -3.82. The van der Waals surface area contributed by atoms with Crippen LogP contribution in [0, 0.1) is 5.82 Å². The van der Waals surface area contributed by atoms with Crippen molar-refractivity contribution < 1.29 is 27.1 Å². The third-order valence-electron chi connectivity index (χ3n) is 4.23. The van der Waals surface area contributed by atoms with Crippen molar-refractivity contribution in [3.63, 3.8) is 0 Å². The number of sulfonamides is 1. The summed E-state index contributed by atoms with van der Waals surface area (Å²) in [6.07, 6.45) is -0.968. The minimum absolute atomic E-state index is 0.0808. The van der Waals surface area contributed by atoms with Crippen LogP contribution in [0.1, 0.15) is 17.3 Å². The van der Waals surface area contributed by atoms with Crippen LogP contribution in [0.15, 0.2) is 83.8 Å². The summed E-state index contributed by atoms with van der Waals surface area (Å²) in [6, 6.07) is 18.7. The highest BCUT2D eigenvalue weighted by Gasteiger charge is 2.17. The number of halogens is 1. The third kappa shape index (κ3) is 6.05. The second-order valence-electron chi connectivity index (χ2n) is 6.66. The van der Waals surface area contributed by atoms with Gasteiger partial charge in [0, 0.05) is 11.3 Å². The number of hydrogen-bond donors (Lipinski definition) is 3. The summed E-state index contributed by atoms with van der Waals surface area (Å²) in [6.45, 7) is 1.46. The zero-order valence-electron chi connectivity index (χ0n) is 16.9. The minimum Gasteiger partial charge on any atom is -0.481 e. The van der Waals surface area contributed by atoms with Gasteiger partial charge in [0.25, 0.3) is 21.8 Å². The van der Waals surface area contributed by atoms with Crippen molar-refractivity contribution >= 4 is 27.5 Å². The van der Waals surface area contributed by atoms with Crippen molar-refractivity contribution in [1.82, 2.24) is 10.9 Å². The fourth-order valence-electron chi connectivity index (χ4n) is 2.60. The fourth-order valence-corrected chi connectivity index (χ4v) is 3.67. The maximum Gasteiger partial charge on any atom is 0.279 e. The summed E-state index contributed by atoms with van der Waals surface area (Å²) in [4.78, 5) is 24.6. The summed E-state index contributed by atoms with van der Waals surface area (Å²) in [5.41, 5.74) is 4.77. The van der Waals surface area contributed by atoms with Crippen LogP contribution in [0.2, 0.25) is 0 Å². The monoisotopic (exact) mass is 457 g/mol. The molecule has 0 bridgehead atoms. The number of amides is 2. The van der Waals surface area contributed by atoms with E-state index >= 15 is 0 Å². The molecule has 32 heavy (non-hydrogen) atoms. The topological polar surface area (TPSA) is 114 Å². The molecular formula is C22H20FN3O5S. The molecule has 0 radical (unpaired) electrons. The Hall–Kier alpha value is -3.92. The Labute approximate surface area is 184 Å². The quantitative estimate of drug-likeness (QED) is 0.472. The molecule has 0 saturated heterocycles. The summed E-state index contributed by atoms with van der Waals surface area (Å²) in [5.74, 6) is -1.44. The first-order valence-corrected chi connectivity index (χ1v) is 10.9. The molecule has 0 aliphatic rings. The molecule has 0 heterocycles. The summed E-state index contributed by atoms with van der Waals surface area (Å²) in [5, 5.41) is 0. The molecule has 10 heteroatoms. The Morgan fingerprint density at radius 1 is 0.906 bits per heavy atom. The van der Waals surface area contributed by atoms with Gasteiger partial charge in [0.2, 0.25) is 0 Å². The molecule has 166 valence electrons. The highest BCUT2D eigenvalue weighted by atomic mass is 32.2. The van der Waals surface area contributed by atoms with E-state index in [9.17, 15) is 22.4 Å². The average molecular weight is 457 g/mol. The minimum atomic E-state index is -3.82. The van der Waals surface area contributed by atoms with Crippen LogP contribution in [-0.2, 0) is 14.8 Å². The molecule has 0 saturated carbocycles. The van der Waals surface area contributed by atoms with E-state index in [-0.39, 0.29) is 16.1 Å². The van der Waals surface area contributed by atoms with E-state index in [0.717, 1.165) is 0 Å². The second-order valence-corrected chi connectivity index (χ2v) is 8.34. The van der Waals surface area contributed by atoms with Gasteiger partial charge in [-0.25, -0.2) is 12.8 Å². The predicted molar refractivity (Wildman–Crippen MR) is 116 cm³/mol. The number of ether oxygens (including phenoxy) is 1. The molecule has 1 atom stereocenters. The van der Waals surface area contributed by atoms with Gasteiger partial charge in [-0.3, -0.25) is 25.2 Å². The average Bonchev–Trinajstić information content (AvgIpc) is 2.79. The Morgan fingerprint density at radius 2 is 1.59 bits per heavy atom. The molecule has 2 amide bonds. The Bertz CT molecular complexity index is 1200. The molecule has 3 N–H and O–H groups in total. The third-order valence-corrected chi connectivity index (χ3v) is 5.62. The first kappa shape index (κ1) is 22.8. The largest absolute Gasteiger partial charge is 0.481 e. The molecule has 0 aromatic heterocycles. The number of hydrazine groups is 1. The van der Waals surface area contributed by atoms with Crippen molar-refractivity contribution in [1.29, 1.82) is 0 Å². The van der Waals surface area contributed by atoms with E-state index in [2.05, 4.69) is 15.6 Å². The van der Waals surface area contributed by atoms with Crippen molar-refractivity contribution in [3.8, 4) is 5.75 Å². The van der Waals surface area contributed by atoms with Crippen LogP contribution in [0.3, 0.4) is 0 Å². The zero-order valence-corrected chi connectivity index (χ0v) is 17.7. The highest BCUT2D eigenvalue weighted by Crippen LogP contribution is 2.17. The van der Waals surface area contributed by atoms with E-state index in [1.54, 1.807) is 18.2 Å². The molecule has 3 rings (SSSR count). The van der Waals surface area contributed by atoms with Crippen molar-refractivity contribution in [2.75, 3.05) is 4.72 Å². The number of carbonyl (C=O) groups excluding carboxylic acids is 2. The van der Waals surface area contributed by atoms with E-state index in [4.69, 9.17) is 4.74 Å². The molecule has 1 unspecified atom stereocenters. The van der Waals surface area contributed by atoms with E-state index in [1.165, 1.54) is 67.6 Å². The Balaban J connectivity index is 1.58. The maximum absolute atomic E-state index is 12.9. The zero-order chi connectivity index (χ0) is 23.1. The van der Waals surface area contributed by atoms with E-state index in [1.807, 2.05) is 0 Å². The Morgan fingerprint density at radius 3 is 2.28 bits per heavy atom. The van der Waals surface area contributed by atoms with Crippen molar-refractivity contribution in [3.05, 3.63) is 90.2 Å². The second kappa shape index (κ2) is 9.92. The van der Waals surface area contributed by atoms with Crippen LogP contribution < -0.4 is 20.3 Å². The van der Waals surface area contributed by atoms with Crippen LogP contribution >= 0.6 is 0 Å². The first-order chi connectivity index (χ1) is 15.2. The van der Waals surface area contributed by atoms with Crippen LogP contribution in [0.4, 0.5) is 10.1 Å². The SMILES string of the molecule is CC(Oc1ccc(F)cc1)C(=O)NNC(=O)c1cccc(NS(=O)(=O)c2ccccc2)c1. The van der Waals surface area contributed by atoms with E-state index in [0.29, 0.717) is 5.75 Å². The number of rotatable bonds is 7. The smallest absolute Gasteiger partial charge is 0.279 e. The maximum atomic E-state index is 12.9. The first-order valence-electron chi connectivity index (χ1n) is 9.45. The van der Waals surface area contributed by atoms with Crippen LogP contribution in [0.25, 0.3) is 0 Å². The van der Waals surface area contributed by atoms with Gasteiger partial charge in [-0.15, -0.1) is 0 Å². The lowest BCUT2D eigenvalue weighted by atomic mass is 10.2. The fraction of sp³-hybridized carbons (Fsp3) is 0.0909. The van der Waals surface area contributed by atoms with Gasteiger partial charge in [-0.2, -0.15) is 0 Å². The molecule has 3 aromatic carbocycles. The van der Waals surface area contributed by atoms with Gasteiger partial charge >= 0.3 is 0 Å². The standard InChI is InChI=1S/C22H20FN3O5S/c1-15(31-19-12-10-17(23)11-13-19)21(27)24-25-22(28)16-6-5-7-18(14-16)26-32(29,30)20-8-3-2-4-9-20/h2-15,26H,1H3,(H,24,27)(H,25,28). The van der Waals surface area contributed by atoms with Gasteiger partial charge < -0.3 is 4.74 Å². The number of carbonyl (C=O) groups is 2. The van der Waals surface area contributed by atoms with Gasteiger partial charge in [0.05, 0.1) is 4.90 Å². The molecule has 0 spiro atoms. The van der Waals surface area contributed by atoms with Crippen molar-refractivity contribution in [2.45, 2.75) is 17.9 Å². The lowest BCUT2D eigenvalue weighted by molar-refractivity contribution is -0.128.